The van der Waals surface area contributed by atoms with Crippen molar-refractivity contribution >= 4 is 36.6 Å². The zero-order valence-electron chi connectivity index (χ0n) is 15.5. The number of ether oxygens (including phenoxy) is 1. The highest BCUT2D eigenvalue weighted by atomic mass is 35.5. The van der Waals surface area contributed by atoms with Crippen LogP contribution in [0.15, 0.2) is 24.3 Å². The van der Waals surface area contributed by atoms with Gasteiger partial charge in [-0.15, -0.1) is 24.8 Å². The number of carbonyl (C=O) groups excluding carboxylic acids is 2. The molecule has 7 nitrogen and oxygen atoms in total. The van der Waals surface area contributed by atoms with Crippen molar-refractivity contribution in [3.63, 3.8) is 0 Å². The molecular formula is C17H25Cl2F3N4O3. The van der Waals surface area contributed by atoms with Gasteiger partial charge in [-0.25, -0.2) is 0 Å². The molecular weight excluding hydrogens is 436 g/mol. The van der Waals surface area contributed by atoms with Gasteiger partial charge in [0.2, 0.25) is 11.8 Å². The zero-order chi connectivity index (χ0) is 19.9. The highest BCUT2D eigenvalue weighted by molar-refractivity contribution is 5.86. The van der Waals surface area contributed by atoms with Crippen molar-refractivity contribution in [2.75, 3.05) is 45.9 Å². The zero-order valence-corrected chi connectivity index (χ0v) is 17.2. The van der Waals surface area contributed by atoms with Crippen LogP contribution in [0.1, 0.15) is 17.2 Å². The Bertz CT molecular complexity index is 642. The van der Waals surface area contributed by atoms with Gasteiger partial charge in [0.15, 0.2) is 0 Å². The molecule has 4 N–H and O–H groups in total. The average Bonchev–Trinajstić information content (AvgIpc) is 2.66. The van der Waals surface area contributed by atoms with E-state index in [1.807, 2.05) is 4.90 Å². The monoisotopic (exact) mass is 460 g/mol. The molecule has 1 fully saturated rings. The van der Waals surface area contributed by atoms with Crippen molar-refractivity contribution in [1.82, 2.24) is 15.5 Å². The molecule has 1 aliphatic heterocycles. The number of rotatable bonds is 7. The van der Waals surface area contributed by atoms with Gasteiger partial charge in [0.25, 0.3) is 0 Å². The number of nitrogens with one attached hydrogen (secondary N) is 2. The van der Waals surface area contributed by atoms with E-state index in [1.54, 1.807) is 0 Å². The van der Waals surface area contributed by atoms with Crippen molar-refractivity contribution in [3.05, 3.63) is 35.4 Å². The van der Waals surface area contributed by atoms with Gasteiger partial charge in [-0.1, -0.05) is 12.1 Å². The summed E-state index contributed by atoms with van der Waals surface area (Å²) in [5.41, 5.74) is 5.10. The number of morpholine rings is 1. The Hall–Kier alpha value is -1.59. The second-order valence-corrected chi connectivity index (χ2v) is 6.07. The first-order chi connectivity index (χ1) is 12.8. The molecule has 2 rings (SSSR count). The molecule has 1 saturated heterocycles. The summed E-state index contributed by atoms with van der Waals surface area (Å²) >= 11 is 0. The minimum atomic E-state index is -4.40. The van der Waals surface area contributed by atoms with Crippen LogP contribution in [0.4, 0.5) is 13.2 Å². The molecule has 0 spiro atoms. The summed E-state index contributed by atoms with van der Waals surface area (Å²) in [7, 11) is 0. The Morgan fingerprint density at radius 2 is 1.66 bits per heavy atom. The number of alkyl halides is 3. The van der Waals surface area contributed by atoms with E-state index in [4.69, 9.17) is 10.5 Å². The molecule has 0 radical (unpaired) electrons. The first-order valence-electron chi connectivity index (χ1n) is 8.53. The molecule has 1 heterocycles. The van der Waals surface area contributed by atoms with Crippen molar-refractivity contribution in [2.45, 2.75) is 12.2 Å². The normalized spacial score (nSPS) is 15.4. The lowest BCUT2D eigenvalue weighted by Crippen LogP contribution is -2.46. The fourth-order valence-corrected chi connectivity index (χ4v) is 2.77. The molecule has 1 unspecified atom stereocenters. The Morgan fingerprint density at radius 1 is 1.07 bits per heavy atom. The van der Waals surface area contributed by atoms with E-state index in [0.29, 0.717) is 31.9 Å². The average molecular weight is 461 g/mol. The maximum atomic E-state index is 12.8. The molecule has 1 aromatic carbocycles. The Labute approximate surface area is 179 Å². The van der Waals surface area contributed by atoms with Gasteiger partial charge < -0.3 is 21.1 Å². The number of carbonyl (C=O) groups is 2. The second kappa shape index (κ2) is 12.9. The first kappa shape index (κ1) is 27.4. The van der Waals surface area contributed by atoms with Gasteiger partial charge in [0.1, 0.15) is 0 Å². The number of hydrogen-bond acceptors (Lipinski definition) is 5. The van der Waals surface area contributed by atoms with Crippen molar-refractivity contribution < 1.29 is 27.5 Å². The van der Waals surface area contributed by atoms with Crippen LogP contribution in [0.2, 0.25) is 0 Å². The molecule has 0 aliphatic carbocycles. The van der Waals surface area contributed by atoms with E-state index < -0.39 is 23.6 Å². The van der Waals surface area contributed by atoms with Gasteiger partial charge >= 0.3 is 6.18 Å². The van der Waals surface area contributed by atoms with Crippen molar-refractivity contribution in [3.8, 4) is 0 Å². The third-order valence-electron chi connectivity index (χ3n) is 4.23. The highest BCUT2D eigenvalue weighted by Gasteiger charge is 2.31. The van der Waals surface area contributed by atoms with E-state index in [2.05, 4.69) is 10.6 Å². The third-order valence-corrected chi connectivity index (χ3v) is 4.23. The fraction of sp³-hybridized carbons (Fsp3) is 0.529. The van der Waals surface area contributed by atoms with Gasteiger partial charge in [-0.2, -0.15) is 13.2 Å². The molecule has 12 heteroatoms. The van der Waals surface area contributed by atoms with Crippen LogP contribution in [-0.2, 0) is 20.5 Å². The number of halogens is 5. The summed E-state index contributed by atoms with van der Waals surface area (Å²) in [6.45, 7) is 2.00. The summed E-state index contributed by atoms with van der Waals surface area (Å²) in [6.07, 6.45) is -4.40. The molecule has 1 aliphatic rings. The van der Waals surface area contributed by atoms with Crippen LogP contribution in [0.25, 0.3) is 0 Å². The maximum absolute atomic E-state index is 12.8. The number of benzene rings is 1. The molecule has 0 aromatic heterocycles. The summed E-state index contributed by atoms with van der Waals surface area (Å²) in [5, 5.41) is 5.07. The summed E-state index contributed by atoms with van der Waals surface area (Å²) in [4.78, 5) is 25.1. The van der Waals surface area contributed by atoms with E-state index >= 15 is 0 Å². The smallest absolute Gasteiger partial charge is 0.379 e. The standard InChI is InChI=1S/C17H23F3N4O3.2ClH/c18-17(19,20)13-3-1-12(2-4-13)14(24-5-7-27-8-6-24)10-22-16(26)11-23-15(25)9-21;;/h1-4,14H,5-11,21H2,(H,22,26)(H,23,25);2*1H. The lowest BCUT2D eigenvalue weighted by Gasteiger charge is -2.35. The maximum Gasteiger partial charge on any atom is 0.416 e. The van der Waals surface area contributed by atoms with Crippen LogP contribution in [0, 0.1) is 0 Å². The van der Waals surface area contributed by atoms with Crippen LogP contribution in [0.3, 0.4) is 0 Å². The van der Waals surface area contributed by atoms with Gasteiger partial charge in [-0.3, -0.25) is 14.5 Å². The quantitative estimate of drug-likeness (QED) is 0.566. The molecule has 0 bridgehead atoms. The predicted molar refractivity (Wildman–Crippen MR) is 106 cm³/mol. The second-order valence-electron chi connectivity index (χ2n) is 6.07. The lowest BCUT2D eigenvalue weighted by molar-refractivity contribution is -0.137. The van der Waals surface area contributed by atoms with Crippen LogP contribution in [-0.4, -0.2) is 62.7 Å². The Balaban J connectivity index is 0.00000392. The SMILES string of the molecule is Cl.Cl.NCC(=O)NCC(=O)NCC(c1ccc(C(F)(F)F)cc1)N1CCOCC1. The van der Waals surface area contributed by atoms with Crippen molar-refractivity contribution in [1.29, 1.82) is 0 Å². The van der Waals surface area contributed by atoms with Crippen LogP contribution in [0.5, 0.6) is 0 Å². The molecule has 166 valence electrons. The van der Waals surface area contributed by atoms with E-state index in [-0.39, 0.29) is 50.5 Å². The minimum absolute atomic E-state index is 0. The topological polar surface area (TPSA) is 96.7 Å². The van der Waals surface area contributed by atoms with Crippen LogP contribution < -0.4 is 16.4 Å². The van der Waals surface area contributed by atoms with E-state index in [0.717, 1.165) is 12.1 Å². The fourth-order valence-electron chi connectivity index (χ4n) is 2.77. The van der Waals surface area contributed by atoms with Crippen LogP contribution >= 0.6 is 24.8 Å². The highest BCUT2D eigenvalue weighted by Crippen LogP contribution is 2.31. The van der Waals surface area contributed by atoms with Gasteiger partial charge in [0, 0.05) is 19.6 Å². The third kappa shape index (κ3) is 8.75. The predicted octanol–water partition coefficient (Wildman–Crippen LogP) is 1.11. The molecule has 29 heavy (non-hydrogen) atoms. The number of amides is 2. The molecule has 0 saturated carbocycles. The number of nitrogens with two attached hydrogens (primary N) is 1. The van der Waals surface area contributed by atoms with Gasteiger partial charge in [-0.05, 0) is 17.7 Å². The minimum Gasteiger partial charge on any atom is -0.379 e. The van der Waals surface area contributed by atoms with Crippen molar-refractivity contribution in [2.24, 2.45) is 5.73 Å². The molecule has 1 aromatic rings. The first-order valence-corrected chi connectivity index (χ1v) is 8.53. The largest absolute Gasteiger partial charge is 0.416 e. The van der Waals surface area contributed by atoms with Gasteiger partial charge in [0.05, 0.1) is 37.9 Å². The summed E-state index contributed by atoms with van der Waals surface area (Å²) < 4.78 is 43.7. The Morgan fingerprint density at radius 3 is 2.17 bits per heavy atom. The Kier molecular flexibility index (Phi) is 12.2. The number of nitrogens with zero attached hydrogens (tertiary/aromatic N) is 1. The van der Waals surface area contributed by atoms with E-state index in [9.17, 15) is 22.8 Å². The molecule has 2 amide bonds. The number of hydrogen-bond donors (Lipinski definition) is 3. The summed E-state index contributed by atoms with van der Waals surface area (Å²) in [6, 6.07) is 4.61. The van der Waals surface area contributed by atoms with E-state index in [1.165, 1.54) is 12.1 Å². The summed E-state index contributed by atoms with van der Waals surface area (Å²) in [5.74, 6) is -0.848. The molecule has 1 atom stereocenters. The lowest BCUT2D eigenvalue weighted by atomic mass is 10.0.